The molecule has 0 spiro atoms. The lowest BCUT2D eigenvalue weighted by atomic mass is 10.1. The fraction of sp³-hybridized carbons (Fsp3) is 0.566. The van der Waals surface area contributed by atoms with Crippen LogP contribution < -0.4 is 15.6 Å². The molecular weight excluding hydrogens is 849 g/mol. The van der Waals surface area contributed by atoms with Crippen LogP contribution in [0.5, 0.6) is 5.75 Å². The number of carbonyl (C=O) groups is 3. The Morgan fingerprint density at radius 2 is 1.30 bits per heavy atom. The quantitative estimate of drug-likeness (QED) is 0.0212. The molecule has 1 aliphatic rings. The molecule has 1 N–H and O–H groups in total. The minimum atomic E-state index is -1.75. The summed E-state index contributed by atoms with van der Waals surface area (Å²) in [5.41, 5.74) is 0.239. The molecule has 14 heteroatoms. The third-order valence-corrected chi connectivity index (χ3v) is 12.5. The molecule has 1 aromatic heterocycles. The van der Waals surface area contributed by atoms with E-state index < -0.39 is 40.6 Å². The summed E-state index contributed by atoms with van der Waals surface area (Å²) in [5.74, 6) is -1.31. The van der Waals surface area contributed by atoms with Crippen molar-refractivity contribution in [1.82, 2.24) is 19.4 Å². The molecule has 0 radical (unpaired) electrons. The highest BCUT2D eigenvalue weighted by Crippen LogP contribution is 2.34. The van der Waals surface area contributed by atoms with Gasteiger partial charge in [-0.1, -0.05) is 178 Å². The van der Waals surface area contributed by atoms with E-state index in [2.05, 4.69) is 19.2 Å². The van der Waals surface area contributed by atoms with E-state index in [1.165, 1.54) is 105 Å². The summed E-state index contributed by atoms with van der Waals surface area (Å²) in [6.45, 7) is 6.77. The fourth-order valence-electron chi connectivity index (χ4n) is 8.79. The van der Waals surface area contributed by atoms with Gasteiger partial charge in [0.25, 0.3) is 23.1 Å². The highest BCUT2D eigenvalue weighted by Gasteiger charge is 2.52. The Morgan fingerprint density at radius 1 is 0.731 bits per heavy atom. The largest absolute Gasteiger partial charge is 0.491 e. The van der Waals surface area contributed by atoms with Crippen molar-refractivity contribution in [2.75, 3.05) is 18.5 Å². The van der Waals surface area contributed by atoms with Crippen molar-refractivity contribution in [1.29, 1.82) is 0 Å². The predicted octanol–water partition coefficient (Wildman–Crippen LogP) is 12.4. The van der Waals surface area contributed by atoms with Crippen molar-refractivity contribution >= 4 is 40.1 Å². The molecule has 364 valence electrons. The zero-order valence-electron chi connectivity index (χ0n) is 40.3. The van der Waals surface area contributed by atoms with E-state index in [0.29, 0.717) is 24.5 Å². The highest BCUT2D eigenvalue weighted by atomic mass is 16.6. The van der Waals surface area contributed by atoms with E-state index in [1.807, 2.05) is 30.3 Å². The molecule has 67 heavy (non-hydrogen) atoms. The standard InChI is InChI=1S/C53H74N6O8/c1-4-7-9-11-13-15-16-17-19-21-23-30-38-67-46-34-28-27-33-45(46)55-49(60)47(58-51(62)52(66-6-3)57(53(58)63)40-41-31-25-24-26-32-41)48-54-44-36-35-42(59(64)65)39-43(44)50(61)56(48)37-29-22-20-18-14-12-10-8-5-2/h24-28,31-36,39,47,52H,4-23,29-30,37-38,40H2,1-3H3,(H,55,60). The summed E-state index contributed by atoms with van der Waals surface area (Å²) in [5, 5.41) is 14.8. The maximum Gasteiger partial charge on any atom is 0.330 e. The van der Waals surface area contributed by atoms with Gasteiger partial charge in [0, 0.05) is 25.3 Å². The van der Waals surface area contributed by atoms with Crippen LogP contribution in [0.1, 0.15) is 173 Å². The fourth-order valence-corrected chi connectivity index (χ4v) is 8.79. The van der Waals surface area contributed by atoms with Crippen LogP contribution in [0.3, 0.4) is 0 Å². The third-order valence-electron chi connectivity index (χ3n) is 12.5. The summed E-state index contributed by atoms with van der Waals surface area (Å²) in [7, 11) is 0. The first kappa shape index (κ1) is 52.3. The number of nitro groups is 1. The number of rotatable bonds is 33. The number of nitro benzene ring substituents is 1. The van der Waals surface area contributed by atoms with Gasteiger partial charge in [0.2, 0.25) is 6.23 Å². The molecule has 0 saturated carbocycles. The van der Waals surface area contributed by atoms with Crippen LogP contribution in [0.4, 0.5) is 16.2 Å². The average molecular weight is 923 g/mol. The smallest absolute Gasteiger partial charge is 0.330 e. The normalized spacial score (nSPS) is 14.3. The number of para-hydroxylation sites is 2. The highest BCUT2D eigenvalue weighted by molar-refractivity contribution is 6.09. The second kappa shape index (κ2) is 28.5. The van der Waals surface area contributed by atoms with Gasteiger partial charge in [-0.25, -0.2) is 14.7 Å². The second-order valence-corrected chi connectivity index (χ2v) is 17.8. The maximum absolute atomic E-state index is 15.1. The van der Waals surface area contributed by atoms with Gasteiger partial charge in [-0.3, -0.25) is 34.0 Å². The molecule has 14 nitrogen and oxygen atoms in total. The molecule has 2 heterocycles. The number of non-ortho nitro benzene ring substituents is 1. The molecular formula is C53H74N6O8. The maximum atomic E-state index is 15.1. The summed E-state index contributed by atoms with van der Waals surface area (Å²) in [4.78, 5) is 77.4. The number of fused-ring (bicyclic) bond motifs is 1. The van der Waals surface area contributed by atoms with Crippen LogP contribution >= 0.6 is 0 Å². The molecule has 4 aromatic rings. The van der Waals surface area contributed by atoms with Gasteiger partial charge in [-0.2, -0.15) is 0 Å². The second-order valence-electron chi connectivity index (χ2n) is 17.8. The number of nitrogens with zero attached hydrogens (tertiary/aromatic N) is 5. The van der Waals surface area contributed by atoms with Gasteiger partial charge in [0.15, 0.2) is 6.04 Å². The monoisotopic (exact) mass is 923 g/mol. The van der Waals surface area contributed by atoms with E-state index in [-0.39, 0.29) is 42.1 Å². The van der Waals surface area contributed by atoms with Crippen LogP contribution in [-0.4, -0.2) is 61.6 Å². The summed E-state index contributed by atoms with van der Waals surface area (Å²) < 4.78 is 13.5. The molecule has 3 aromatic carbocycles. The van der Waals surface area contributed by atoms with E-state index in [4.69, 9.17) is 14.5 Å². The lowest BCUT2D eigenvalue weighted by Gasteiger charge is -2.27. The molecule has 1 saturated heterocycles. The van der Waals surface area contributed by atoms with Gasteiger partial charge in [-0.05, 0) is 43.5 Å². The molecule has 1 aliphatic heterocycles. The lowest BCUT2D eigenvalue weighted by Crippen LogP contribution is -2.45. The number of benzene rings is 3. The van der Waals surface area contributed by atoms with E-state index in [9.17, 15) is 24.5 Å². The van der Waals surface area contributed by atoms with Gasteiger partial charge in [0.1, 0.15) is 11.6 Å². The van der Waals surface area contributed by atoms with Crippen LogP contribution in [0.15, 0.2) is 77.6 Å². The van der Waals surface area contributed by atoms with Crippen molar-refractivity contribution in [3.05, 3.63) is 105 Å². The molecule has 5 rings (SSSR count). The summed E-state index contributed by atoms with van der Waals surface area (Å²) in [6, 6.07) is 17.4. The van der Waals surface area contributed by atoms with Gasteiger partial charge >= 0.3 is 6.03 Å². The Labute approximate surface area is 397 Å². The van der Waals surface area contributed by atoms with Crippen molar-refractivity contribution in [2.24, 2.45) is 0 Å². The van der Waals surface area contributed by atoms with Crippen molar-refractivity contribution in [2.45, 2.75) is 181 Å². The number of unbranched alkanes of at least 4 members (excludes halogenated alkanes) is 19. The van der Waals surface area contributed by atoms with Gasteiger partial charge < -0.3 is 14.8 Å². The lowest BCUT2D eigenvalue weighted by molar-refractivity contribution is -0.384. The number of ether oxygens (including phenoxy) is 2. The molecule has 2 unspecified atom stereocenters. The van der Waals surface area contributed by atoms with Crippen molar-refractivity contribution in [3.8, 4) is 5.75 Å². The number of carbonyl (C=O) groups excluding carboxylic acids is 3. The zero-order chi connectivity index (χ0) is 47.8. The first-order valence-corrected chi connectivity index (χ1v) is 25.2. The van der Waals surface area contributed by atoms with Gasteiger partial charge in [-0.15, -0.1) is 0 Å². The number of hydrogen-bond acceptors (Lipinski definition) is 9. The van der Waals surface area contributed by atoms with Crippen LogP contribution in [0.25, 0.3) is 10.9 Å². The summed E-state index contributed by atoms with van der Waals surface area (Å²) in [6.07, 6.45) is 22.3. The topological polar surface area (TPSA) is 166 Å². The third kappa shape index (κ3) is 15.5. The predicted molar refractivity (Wildman–Crippen MR) is 264 cm³/mol. The number of urea groups is 1. The molecule has 2 atom stereocenters. The van der Waals surface area contributed by atoms with Crippen LogP contribution in [0.2, 0.25) is 0 Å². The molecule has 0 aliphatic carbocycles. The van der Waals surface area contributed by atoms with E-state index in [0.717, 1.165) is 61.8 Å². The molecule has 1 fully saturated rings. The Morgan fingerprint density at radius 3 is 1.90 bits per heavy atom. The molecule has 4 amide bonds. The zero-order valence-corrected chi connectivity index (χ0v) is 40.3. The number of hydrogen-bond donors (Lipinski definition) is 1. The van der Waals surface area contributed by atoms with Gasteiger partial charge in [0.05, 0.1) is 34.7 Å². The number of nitrogens with one attached hydrogen (secondary N) is 1. The number of imide groups is 1. The Hall–Kier alpha value is -5.63. The van der Waals surface area contributed by atoms with E-state index >= 15 is 4.79 Å². The van der Waals surface area contributed by atoms with Crippen LogP contribution in [0, 0.1) is 10.1 Å². The Bertz CT molecular complexity index is 2230. The average Bonchev–Trinajstić information content (AvgIpc) is 3.55. The van der Waals surface area contributed by atoms with E-state index in [1.54, 1.807) is 31.2 Å². The number of aromatic nitrogens is 2. The van der Waals surface area contributed by atoms with Crippen molar-refractivity contribution < 1.29 is 28.8 Å². The SMILES string of the molecule is CCCCCCCCCCCCCCOc1ccccc1NC(=O)C(c1nc2ccc([N+](=O)[O-])cc2c(=O)n1CCCCCCCCCCC)N1C(=O)C(OCC)N(Cc2ccccc2)C1=O. The first-order valence-electron chi connectivity index (χ1n) is 25.2. The molecule has 0 bridgehead atoms. The summed E-state index contributed by atoms with van der Waals surface area (Å²) >= 11 is 0. The van der Waals surface area contributed by atoms with Crippen LogP contribution in [-0.2, 0) is 27.4 Å². The Kier molecular flexibility index (Phi) is 22.3. The number of anilines is 1. The Balaban J connectivity index is 1.43. The number of amides is 4. The first-order chi connectivity index (χ1) is 32.7. The minimum Gasteiger partial charge on any atom is -0.491 e. The minimum absolute atomic E-state index is 0.0107. The van der Waals surface area contributed by atoms with Crippen molar-refractivity contribution in [3.63, 3.8) is 0 Å².